The molecule has 0 radical (unpaired) electrons. The first-order valence-corrected chi connectivity index (χ1v) is 7.46. The number of aromatic nitrogens is 2. The van der Waals surface area contributed by atoms with Crippen molar-refractivity contribution in [2.45, 2.75) is 39.5 Å². The Hall–Kier alpha value is -1.22. The van der Waals surface area contributed by atoms with Crippen LogP contribution in [-0.2, 0) is 0 Å². The number of nitrogens with zero attached hydrogens (tertiary/aromatic N) is 2. The lowest BCUT2D eigenvalue weighted by Crippen LogP contribution is -1.98. The van der Waals surface area contributed by atoms with Gasteiger partial charge in [0.25, 0.3) is 0 Å². The van der Waals surface area contributed by atoms with Crippen molar-refractivity contribution in [2.75, 3.05) is 0 Å². The van der Waals surface area contributed by atoms with Gasteiger partial charge in [0.05, 0.1) is 5.69 Å². The Morgan fingerprint density at radius 1 is 1.00 bits per heavy atom. The van der Waals surface area contributed by atoms with Crippen LogP contribution in [0.25, 0.3) is 11.3 Å². The maximum absolute atomic E-state index is 4.78. The highest BCUT2D eigenvalue weighted by Crippen LogP contribution is 2.39. The first-order chi connectivity index (χ1) is 9.04. The molecule has 0 N–H and O–H groups in total. The van der Waals surface area contributed by atoms with E-state index in [4.69, 9.17) is 4.98 Å². The summed E-state index contributed by atoms with van der Waals surface area (Å²) in [7, 11) is 0. The fourth-order valence-corrected chi connectivity index (χ4v) is 3.07. The second-order valence-electron chi connectivity index (χ2n) is 5.48. The van der Waals surface area contributed by atoms with Gasteiger partial charge >= 0.3 is 0 Å². The van der Waals surface area contributed by atoms with Crippen LogP contribution in [0.3, 0.4) is 0 Å². The standard InChI is InChI=1S/C16H17BrN2/c1-9-6-10(2)15(11(3)7-9)13-8-14(17)19-16(18-13)12-4-5-12/h6-8,12H,4-5H2,1-3H3. The normalized spacial score (nSPS) is 14.7. The van der Waals surface area contributed by atoms with E-state index in [0.29, 0.717) is 5.92 Å². The minimum absolute atomic E-state index is 0.572. The zero-order chi connectivity index (χ0) is 13.6. The van der Waals surface area contributed by atoms with Gasteiger partial charge in [0.2, 0.25) is 0 Å². The van der Waals surface area contributed by atoms with Gasteiger partial charge in [-0.2, -0.15) is 0 Å². The van der Waals surface area contributed by atoms with Crippen molar-refractivity contribution < 1.29 is 0 Å². The lowest BCUT2D eigenvalue weighted by atomic mass is 9.97. The molecule has 1 heterocycles. The molecule has 1 aromatic heterocycles. The number of hydrogen-bond acceptors (Lipinski definition) is 2. The molecule has 0 aliphatic heterocycles. The van der Waals surface area contributed by atoms with E-state index in [1.807, 2.05) is 6.07 Å². The molecule has 98 valence electrons. The van der Waals surface area contributed by atoms with Crippen LogP contribution in [0.1, 0.15) is 41.3 Å². The third-order valence-corrected chi connectivity index (χ3v) is 3.99. The van der Waals surface area contributed by atoms with E-state index < -0.39 is 0 Å². The van der Waals surface area contributed by atoms with Crippen LogP contribution in [0.5, 0.6) is 0 Å². The Morgan fingerprint density at radius 3 is 2.21 bits per heavy atom. The largest absolute Gasteiger partial charge is 0.233 e. The Bertz CT molecular complexity index is 622. The van der Waals surface area contributed by atoms with Crippen molar-refractivity contribution in [3.05, 3.63) is 45.3 Å². The Labute approximate surface area is 122 Å². The zero-order valence-corrected chi connectivity index (χ0v) is 13.1. The summed E-state index contributed by atoms with van der Waals surface area (Å²) in [6, 6.07) is 6.46. The molecular weight excluding hydrogens is 300 g/mol. The third-order valence-electron chi connectivity index (χ3n) is 3.59. The van der Waals surface area contributed by atoms with Crippen LogP contribution in [0.15, 0.2) is 22.8 Å². The molecular formula is C16H17BrN2. The topological polar surface area (TPSA) is 25.8 Å². The monoisotopic (exact) mass is 316 g/mol. The van der Waals surface area contributed by atoms with Gasteiger partial charge in [0.15, 0.2) is 0 Å². The summed E-state index contributed by atoms with van der Waals surface area (Å²) >= 11 is 3.52. The fourth-order valence-electron chi connectivity index (χ4n) is 2.67. The van der Waals surface area contributed by atoms with Gasteiger partial charge in [-0.05, 0) is 66.7 Å². The minimum atomic E-state index is 0.572. The molecule has 0 unspecified atom stereocenters. The highest BCUT2D eigenvalue weighted by atomic mass is 79.9. The fraction of sp³-hybridized carbons (Fsp3) is 0.375. The molecule has 1 aromatic carbocycles. The second-order valence-corrected chi connectivity index (χ2v) is 6.29. The first-order valence-electron chi connectivity index (χ1n) is 6.67. The van der Waals surface area contributed by atoms with Gasteiger partial charge < -0.3 is 0 Å². The van der Waals surface area contributed by atoms with E-state index in [1.54, 1.807) is 0 Å². The smallest absolute Gasteiger partial charge is 0.133 e. The summed E-state index contributed by atoms with van der Waals surface area (Å²) in [4.78, 5) is 9.28. The van der Waals surface area contributed by atoms with Crippen LogP contribution < -0.4 is 0 Å². The Kier molecular flexibility index (Phi) is 3.17. The summed E-state index contributed by atoms with van der Waals surface area (Å²) in [6.45, 7) is 6.44. The van der Waals surface area contributed by atoms with Gasteiger partial charge in [-0.1, -0.05) is 17.7 Å². The van der Waals surface area contributed by atoms with Crippen LogP contribution in [0, 0.1) is 20.8 Å². The van der Waals surface area contributed by atoms with Crippen molar-refractivity contribution in [1.29, 1.82) is 0 Å². The third kappa shape index (κ3) is 2.57. The van der Waals surface area contributed by atoms with E-state index in [9.17, 15) is 0 Å². The van der Waals surface area contributed by atoms with Gasteiger partial charge in [-0.25, -0.2) is 9.97 Å². The molecule has 1 fully saturated rings. The average Bonchev–Trinajstić information content (AvgIpc) is 3.10. The molecule has 2 aromatic rings. The summed E-state index contributed by atoms with van der Waals surface area (Å²) < 4.78 is 0.888. The van der Waals surface area contributed by atoms with E-state index >= 15 is 0 Å². The van der Waals surface area contributed by atoms with E-state index in [-0.39, 0.29) is 0 Å². The number of halogens is 1. The van der Waals surface area contributed by atoms with Gasteiger partial charge in [-0.3, -0.25) is 0 Å². The predicted molar refractivity (Wildman–Crippen MR) is 81.4 cm³/mol. The van der Waals surface area contributed by atoms with Crippen LogP contribution in [0.4, 0.5) is 0 Å². The lowest BCUT2D eigenvalue weighted by Gasteiger charge is -2.12. The molecule has 0 spiro atoms. The molecule has 0 bridgehead atoms. The molecule has 1 saturated carbocycles. The summed E-state index contributed by atoms with van der Waals surface area (Å²) in [5, 5.41) is 0. The molecule has 2 nitrogen and oxygen atoms in total. The summed E-state index contributed by atoms with van der Waals surface area (Å²) in [5.74, 6) is 1.56. The number of benzene rings is 1. The van der Waals surface area contributed by atoms with Crippen LogP contribution >= 0.6 is 15.9 Å². The molecule has 3 rings (SSSR count). The molecule has 1 aliphatic carbocycles. The number of hydrogen-bond donors (Lipinski definition) is 0. The molecule has 3 heteroatoms. The maximum Gasteiger partial charge on any atom is 0.133 e. The highest BCUT2D eigenvalue weighted by molar-refractivity contribution is 9.10. The van der Waals surface area contributed by atoms with Crippen molar-refractivity contribution in [1.82, 2.24) is 9.97 Å². The Balaban J connectivity index is 2.16. The van der Waals surface area contributed by atoms with Crippen molar-refractivity contribution in [3.63, 3.8) is 0 Å². The second kappa shape index (κ2) is 4.71. The van der Waals surface area contributed by atoms with E-state index in [0.717, 1.165) is 16.1 Å². The number of aryl methyl sites for hydroxylation is 3. The molecule has 0 saturated heterocycles. The highest BCUT2D eigenvalue weighted by Gasteiger charge is 2.27. The summed E-state index contributed by atoms with van der Waals surface area (Å²) in [5.41, 5.74) is 6.15. The maximum atomic E-state index is 4.78. The van der Waals surface area contributed by atoms with Crippen molar-refractivity contribution >= 4 is 15.9 Å². The SMILES string of the molecule is Cc1cc(C)c(-c2cc(Br)nc(C3CC3)n2)c(C)c1. The summed E-state index contributed by atoms with van der Waals surface area (Å²) in [6.07, 6.45) is 2.45. The van der Waals surface area contributed by atoms with E-state index in [1.165, 1.54) is 35.1 Å². The van der Waals surface area contributed by atoms with Gasteiger partial charge in [0.1, 0.15) is 10.4 Å². The average molecular weight is 317 g/mol. The quantitative estimate of drug-likeness (QED) is 0.750. The van der Waals surface area contributed by atoms with Crippen LogP contribution in [-0.4, -0.2) is 9.97 Å². The molecule has 0 amide bonds. The molecule has 0 atom stereocenters. The predicted octanol–water partition coefficient (Wildman–Crippen LogP) is 4.71. The zero-order valence-electron chi connectivity index (χ0n) is 11.5. The Morgan fingerprint density at radius 2 is 1.63 bits per heavy atom. The van der Waals surface area contributed by atoms with Crippen molar-refractivity contribution in [2.24, 2.45) is 0 Å². The van der Waals surface area contributed by atoms with Crippen molar-refractivity contribution in [3.8, 4) is 11.3 Å². The van der Waals surface area contributed by atoms with Gasteiger partial charge in [-0.15, -0.1) is 0 Å². The molecule has 1 aliphatic rings. The number of rotatable bonds is 2. The first kappa shape index (κ1) is 12.8. The molecule has 19 heavy (non-hydrogen) atoms. The lowest BCUT2D eigenvalue weighted by molar-refractivity contribution is 0.918. The minimum Gasteiger partial charge on any atom is -0.233 e. The van der Waals surface area contributed by atoms with Gasteiger partial charge in [0, 0.05) is 11.5 Å². The van der Waals surface area contributed by atoms with Crippen LogP contribution in [0.2, 0.25) is 0 Å². The van der Waals surface area contributed by atoms with E-state index in [2.05, 4.69) is 53.8 Å².